The number of anilines is 1. The van der Waals surface area contributed by atoms with Crippen molar-refractivity contribution >= 4 is 5.82 Å². The van der Waals surface area contributed by atoms with Gasteiger partial charge in [0.25, 0.3) is 0 Å². The van der Waals surface area contributed by atoms with Gasteiger partial charge in [-0.15, -0.1) is 0 Å². The molecule has 0 bridgehead atoms. The average molecular weight is 293 g/mol. The van der Waals surface area contributed by atoms with Crippen LogP contribution in [0.25, 0.3) is 0 Å². The summed E-state index contributed by atoms with van der Waals surface area (Å²) in [6, 6.07) is 4.02. The second-order valence-corrected chi connectivity index (χ2v) is 6.86. The number of nitrogens with zero attached hydrogens (tertiary/aromatic N) is 3. The van der Waals surface area contributed by atoms with Crippen LogP contribution in [0, 0.1) is 0 Å². The van der Waals surface area contributed by atoms with Crippen molar-refractivity contribution < 1.29 is 5.11 Å². The lowest BCUT2D eigenvalue weighted by atomic mass is 9.91. The lowest BCUT2D eigenvalue weighted by Crippen LogP contribution is -2.29. The van der Waals surface area contributed by atoms with Gasteiger partial charge in [-0.2, -0.15) is 0 Å². The van der Waals surface area contributed by atoms with E-state index in [2.05, 4.69) is 51.6 Å². The molecule has 0 amide bonds. The minimum atomic E-state index is -0.0109. The van der Waals surface area contributed by atoms with Crippen molar-refractivity contribution in [1.29, 1.82) is 0 Å². The van der Waals surface area contributed by atoms with Crippen LogP contribution >= 0.6 is 0 Å². The predicted octanol–water partition coefficient (Wildman–Crippen LogP) is 2.65. The van der Waals surface area contributed by atoms with E-state index in [1.165, 1.54) is 0 Å². The zero-order valence-corrected chi connectivity index (χ0v) is 14.5. The summed E-state index contributed by atoms with van der Waals surface area (Å²) in [5.41, 5.74) is 1.97. The van der Waals surface area contributed by atoms with Crippen LogP contribution in [0.15, 0.2) is 12.1 Å². The minimum Gasteiger partial charge on any atom is -0.392 e. The first-order chi connectivity index (χ1) is 9.77. The highest BCUT2D eigenvalue weighted by atomic mass is 16.3. The van der Waals surface area contributed by atoms with Gasteiger partial charge in [-0.05, 0) is 51.7 Å². The fourth-order valence-corrected chi connectivity index (χ4v) is 2.22. The molecule has 0 fully saturated rings. The summed E-state index contributed by atoms with van der Waals surface area (Å²) in [7, 11) is 4.19. The summed E-state index contributed by atoms with van der Waals surface area (Å²) in [6.45, 7) is 11.7. The minimum absolute atomic E-state index is 0.0109. The van der Waals surface area contributed by atoms with E-state index in [9.17, 15) is 5.11 Å². The molecular formula is C17H31N3O. The summed E-state index contributed by atoms with van der Waals surface area (Å²) in [4.78, 5) is 9.31. The number of hydrogen-bond donors (Lipinski definition) is 1. The van der Waals surface area contributed by atoms with Gasteiger partial charge in [-0.25, -0.2) is 4.98 Å². The van der Waals surface area contributed by atoms with E-state index in [-0.39, 0.29) is 12.0 Å². The van der Waals surface area contributed by atoms with Gasteiger partial charge in [0, 0.05) is 24.2 Å². The fourth-order valence-electron chi connectivity index (χ4n) is 2.22. The van der Waals surface area contributed by atoms with Crippen molar-refractivity contribution in [1.82, 2.24) is 9.88 Å². The highest BCUT2D eigenvalue weighted by molar-refractivity contribution is 5.43. The van der Waals surface area contributed by atoms with Gasteiger partial charge < -0.3 is 14.9 Å². The molecule has 0 aliphatic rings. The van der Waals surface area contributed by atoms with E-state index in [4.69, 9.17) is 4.98 Å². The standard InChI is InChI=1S/C17H31N3O/c1-7-20(10-8-9-19(5)6)16-12-14(13-21)11-15(18-16)17(2,3)4/h11-12,21H,7-10,13H2,1-6H3. The average Bonchev–Trinajstić information content (AvgIpc) is 2.41. The van der Waals surface area contributed by atoms with Gasteiger partial charge in [0.1, 0.15) is 5.82 Å². The topological polar surface area (TPSA) is 39.6 Å². The molecule has 0 radical (unpaired) electrons. The van der Waals surface area contributed by atoms with Crippen molar-refractivity contribution in [2.45, 2.75) is 46.1 Å². The molecule has 0 atom stereocenters. The zero-order valence-electron chi connectivity index (χ0n) is 14.5. The van der Waals surface area contributed by atoms with Crippen LogP contribution in [-0.2, 0) is 12.0 Å². The molecule has 0 aliphatic heterocycles. The molecule has 21 heavy (non-hydrogen) atoms. The van der Waals surface area contributed by atoms with Gasteiger partial charge in [-0.1, -0.05) is 20.8 Å². The highest BCUT2D eigenvalue weighted by Gasteiger charge is 2.18. The molecule has 1 aromatic heterocycles. The fraction of sp³-hybridized carbons (Fsp3) is 0.706. The van der Waals surface area contributed by atoms with E-state index in [0.29, 0.717) is 0 Å². The predicted molar refractivity (Wildman–Crippen MR) is 89.9 cm³/mol. The quantitative estimate of drug-likeness (QED) is 0.839. The molecule has 4 heteroatoms. The van der Waals surface area contributed by atoms with E-state index >= 15 is 0 Å². The summed E-state index contributed by atoms with van der Waals surface area (Å²) >= 11 is 0. The van der Waals surface area contributed by atoms with Gasteiger partial charge in [-0.3, -0.25) is 0 Å². The van der Waals surface area contributed by atoms with Crippen molar-refractivity contribution in [3.05, 3.63) is 23.4 Å². The monoisotopic (exact) mass is 293 g/mol. The SMILES string of the molecule is CCN(CCCN(C)C)c1cc(CO)cc(C(C)(C)C)n1. The Morgan fingerprint density at radius 1 is 1.14 bits per heavy atom. The Morgan fingerprint density at radius 3 is 2.29 bits per heavy atom. The Balaban J connectivity index is 2.97. The van der Waals surface area contributed by atoms with Crippen LogP contribution in [0.2, 0.25) is 0 Å². The third-order valence-electron chi connectivity index (χ3n) is 3.56. The van der Waals surface area contributed by atoms with E-state index in [1.54, 1.807) is 0 Å². The number of aromatic nitrogens is 1. The maximum absolute atomic E-state index is 9.50. The highest BCUT2D eigenvalue weighted by Crippen LogP contribution is 2.25. The van der Waals surface area contributed by atoms with Crippen LogP contribution in [-0.4, -0.2) is 48.7 Å². The molecule has 0 unspecified atom stereocenters. The Bertz CT molecular complexity index is 438. The number of aliphatic hydroxyl groups is 1. The second kappa shape index (κ2) is 7.76. The van der Waals surface area contributed by atoms with Crippen LogP contribution in [0.1, 0.15) is 45.4 Å². The number of aliphatic hydroxyl groups excluding tert-OH is 1. The molecule has 1 aromatic rings. The van der Waals surface area contributed by atoms with Crippen LogP contribution in [0.4, 0.5) is 5.82 Å². The summed E-state index contributed by atoms with van der Waals surface area (Å²) in [5, 5.41) is 9.50. The van der Waals surface area contributed by atoms with E-state index in [1.807, 2.05) is 12.1 Å². The Labute approximate surface area is 129 Å². The molecule has 1 rings (SSSR count). The first-order valence-corrected chi connectivity index (χ1v) is 7.80. The zero-order chi connectivity index (χ0) is 16.0. The number of rotatable bonds is 7. The molecule has 0 saturated heterocycles. The van der Waals surface area contributed by atoms with Gasteiger partial charge in [0.15, 0.2) is 0 Å². The van der Waals surface area contributed by atoms with Gasteiger partial charge in [0.2, 0.25) is 0 Å². The van der Waals surface area contributed by atoms with Crippen molar-refractivity contribution in [2.24, 2.45) is 0 Å². The maximum atomic E-state index is 9.50. The van der Waals surface area contributed by atoms with Crippen molar-refractivity contribution in [3.8, 4) is 0 Å². The Kier molecular flexibility index (Phi) is 6.62. The van der Waals surface area contributed by atoms with Gasteiger partial charge >= 0.3 is 0 Å². The first kappa shape index (κ1) is 17.9. The third kappa shape index (κ3) is 5.64. The smallest absolute Gasteiger partial charge is 0.129 e. The Morgan fingerprint density at radius 2 is 1.81 bits per heavy atom. The van der Waals surface area contributed by atoms with Crippen LogP contribution in [0.3, 0.4) is 0 Å². The summed E-state index contributed by atoms with van der Waals surface area (Å²) in [5.74, 6) is 0.979. The maximum Gasteiger partial charge on any atom is 0.129 e. The lowest BCUT2D eigenvalue weighted by molar-refractivity contribution is 0.281. The van der Waals surface area contributed by atoms with Crippen molar-refractivity contribution in [2.75, 3.05) is 38.6 Å². The lowest BCUT2D eigenvalue weighted by Gasteiger charge is -2.26. The second-order valence-electron chi connectivity index (χ2n) is 6.86. The molecule has 4 nitrogen and oxygen atoms in total. The van der Waals surface area contributed by atoms with Crippen LogP contribution in [0.5, 0.6) is 0 Å². The summed E-state index contributed by atoms with van der Waals surface area (Å²) < 4.78 is 0. The van der Waals surface area contributed by atoms with E-state index in [0.717, 1.165) is 43.1 Å². The van der Waals surface area contributed by atoms with E-state index < -0.39 is 0 Å². The summed E-state index contributed by atoms with van der Waals surface area (Å²) in [6.07, 6.45) is 1.11. The molecule has 120 valence electrons. The normalized spacial score (nSPS) is 12.0. The largest absolute Gasteiger partial charge is 0.392 e. The number of pyridine rings is 1. The molecule has 0 aliphatic carbocycles. The molecule has 0 aromatic carbocycles. The molecule has 0 spiro atoms. The molecule has 0 saturated carbocycles. The number of hydrogen-bond acceptors (Lipinski definition) is 4. The Hall–Kier alpha value is -1.13. The van der Waals surface area contributed by atoms with Crippen LogP contribution < -0.4 is 4.90 Å². The van der Waals surface area contributed by atoms with Crippen molar-refractivity contribution in [3.63, 3.8) is 0 Å². The van der Waals surface area contributed by atoms with Gasteiger partial charge in [0.05, 0.1) is 6.61 Å². The molecule has 1 heterocycles. The first-order valence-electron chi connectivity index (χ1n) is 7.80. The molecular weight excluding hydrogens is 262 g/mol. The molecule has 1 N–H and O–H groups in total. The third-order valence-corrected chi connectivity index (χ3v) is 3.56.